The van der Waals surface area contributed by atoms with Gasteiger partial charge >= 0.3 is 0 Å². The molecular weight excluding hydrogens is 296 g/mol. The second-order valence-electron chi connectivity index (χ2n) is 4.55. The number of benzene rings is 1. The minimum atomic E-state index is 0.138. The van der Waals surface area contributed by atoms with Crippen LogP contribution in [0.15, 0.2) is 22.7 Å². The van der Waals surface area contributed by atoms with Gasteiger partial charge in [0.05, 0.1) is 12.2 Å². The maximum absolute atomic E-state index is 6.01. The van der Waals surface area contributed by atoms with Crippen LogP contribution in [-0.2, 0) is 16.0 Å². The summed E-state index contributed by atoms with van der Waals surface area (Å²) in [6.45, 7) is 2.55. The van der Waals surface area contributed by atoms with Crippen molar-refractivity contribution in [2.75, 3.05) is 33.0 Å². The zero-order valence-electron chi connectivity index (χ0n) is 10.7. The van der Waals surface area contributed by atoms with Gasteiger partial charge in [-0.15, -0.1) is 0 Å². The summed E-state index contributed by atoms with van der Waals surface area (Å²) in [6.07, 6.45) is 0.275. The molecule has 0 aliphatic carbocycles. The molecule has 2 N–H and O–H groups in total. The Balaban J connectivity index is 2.07. The van der Waals surface area contributed by atoms with Crippen LogP contribution in [0.4, 0.5) is 5.69 Å². The molecular formula is C13H19BrN2O2. The number of hydrogen-bond donors (Lipinski definition) is 1. The zero-order valence-corrected chi connectivity index (χ0v) is 12.3. The molecule has 0 amide bonds. The SMILES string of the molecule is COC1CN(Cc2c(N)cccc2Br)CC1OC. The molecule has 1 aliphatic heterocycles. The van der Waals surface area contributed by atoms with Gasteiger partial charge in [-0.3, -0.25) is 4.90 Å². The molecule has 0 bridgehead atoms. The maximum Gasteiger partial charge on any atom is 0.0971 e. The van der Waals surface area contributed by atoms with Gasteiger partial charge in [-0.1, -0.05) is 22.0 Å². The van der Waals surface area contributed by atoms with Crippen molar-refractivity contribution in [1.29, 1.82) is 0 Å². The zero-order chi connectivity index (χ0) is 13.1. The van der Waals surface area contributed by atoms with Crippen molar-refractivity contribution < 1.29 is 9.47 Å². The molecule has 2 rings (SSSR count). The van der Waals surface area contributed by atoms with E-state index in [0.717, 1.165) is 35.4 Å². The van der Waals surface area contributed by atoms with Crippen LogP contribution < -0.4 is 5.73 Å². The molecule has 2 atom stereocenters. The van der Waals surface area contributed by atoms with Gasteiger partial charge in [0.25, 0.3) is 0 Å². The lowest BCUT2D eigenvalue weighted by molar-refractivity contribution is -0.00461. The Labute approximate surface area is 116 Å². The van der Waals surface area contributed by atoms with Crippen molar-refractivity contribution in [2.24, 2.45) is 0 Å². The molecule has 1 aromatic carbocycles. The monoisotopic (exact) mass is 314 g/mol. The number of nitrogens with two attached hydrogens (primary N) is 1. The van der Waals surface area contributed by atoms with Crippen LogP contribution in [0.1, 0.15) is 5.56 Å². The summed E-state index contributed by atoms with van der Waals surface area (Å²) in [6, 6.07) is 5.89. The first-order valence-corrected chi connectivity index (χ1v) is 6.75. The van der Waals surface area contributed by atoms with Crippen LogP contribution in [-0.4, -0.2) is 44.4 Å². The molecule has 1 saturated heterocycles. The Morgan fingerprint density at radius 3 is 2.39 bits per heavy atom. The Hall–Kier alpha value is -0.620. The second-order valence-corrected chi connectivity index (χ2v) is 5.40. The summed E-state index contributed by atoms with van der Waals surface area (Å²) in [7, 11) is 3.46. The van der Waals surface area contributed by atoms with Crippen molar-refractivity contribution in [3.05, 3.63) is 28.2 Å². The minimum absolute atomic E-state index is 0.138. The molecule has 1 fully saturated rings. The van der Waals surface area contributed by atoms with E-state index in [9.17, 15) is 0 Å². The molecule has 1 heterocycles. The molecule has 5 heteroatoms. The van der Waals surface area contributed by atoms with Crippen molar-refractivity contribution in [2.45, 2.75) is 18.8 Å². The second kappa shape index (κ2) is 6.02. The number of nitrogens with zero attached hydrogens (tertiary/aromatic N) is 1. The van der Waals surface area contributed by atoms with E-state index in [1.165, 1.54) is 0 Å². The average Bonchev–Trinajstić information content (AvgIpc) is 2.76. The molecule has 0 spiro atoms. The molecule has 0 aromatic heterocycles. The lowest BCUT2D eigenvalue weighted by Crippen LogP contribution is -2.27. The normalized spacial score (nSPS) is 24.6. The van der Waals surface area contributed by atoms with Gasteiger partial charge in [0, 0.05) is 49.6 Å². The third kappa shape index (κ3) is 2.85. The van der Waals surface area contributed by atoms with Gasteiger partial charge in [-0.2, -0.15) is 0 Å². The topological polar surface area (TPSA) is 47.7 Å². The highest BCUT2D eigenvalue weighted by atomic mass is 79.9. The van der Waals surface area contributed by atoms with Crippen molar-refractivity contribution in [3.63, 3.8) is 0 Å². The Morgan fingerprint density at radius 1 is 1.28 bits per heavy atom. The maximum atomic E-state index is 6.01. The van der Waals surface area contributed by atoms with E-state index in [1.54, 1.807) is 14.2 Å². The Kier molecular flexibility index (Phi) is 4.61. The largest absolute Gasteiger partial charge is 0.398 e. The van der Waals surface area contributed by atoms with Crippen LogP contribution >= 0.6 is 15.9 Å². The summed E-state index contributed by atoms with van der Waals surface area (Å²) >= 11 is 3.55. The number of likely N-dealkylation sites (tertiary alicyclic amines) is 1. The van der Waals surface area contributed by atoms with E-state index in [4.69, 9.17) is 15.2 Å². The molecule has 4 nitrogen and oxygen atoms in total. The number of rotatable bonds is 4. The van der Waals surface area contributed by atoms with Crippen LogP contribution in [0, 0.1) is 0 Å². The molecule has 0 radical (unpaired) electrons. The fraction of sp³-hybridized carbons (Fsp3) is 0.538. The highest BCUT2D eigenvalue weighted by molar-refractivity contribution is 9.10. The predicted molar refractivity (Wildman–Crippen MR) is 75.4 cm³/mol. The fourth-order valence-electron chi connectivity index (χ4n) is 2.37. The lowest BCUT2D eigenvalue weighted by Gasteiger charge is -2.17. The Bertz CT molecular complexity index is 382. The summed E-state index contributed by atoms with van der Waals surface area (Å²) in [5.74, 6) is 0. The first kappa shape index (κ1) is 13.8. The van der Waals surface area contributed by atoms with Gasteiger partial charge < -0.3 is 15.2 Å². The van der Waals surface area contributed by atoms with Crippen molar-refractivity contribution in [3.8, 4) is 0 Å². The molecule has 18 heavy (non-hydrogen) atoms. The number of anilines is 1. The van der Waals surface area contributed by atoms with E-state index in [2.05, 4.69) is 20.8 Å². The van der Waals surface area contributed by atoms with Crippen LogP contribution in [0.5, 0.6) is 0 Å². The quantitative estimate of drug-likeness (QED) is 0.862. The van der Waals surface area contributed by atoms with Gasteiger partial charge in [0.1, 0.15) is 0 Å². The van der Waals surface area contributed by atoms with Crippen molar-refractivity contribution in [1.82, 2.24) is 4.90 Å². The predicted octanol–water partition coefficient (Wildman–Crippen LogP) is 1.88. The summed E-state index contributed by atoms with van der Waals surface area (Å²) < 4.78 is 11.9. The molecule has 2 unspecified atom stereocenters. The lowest BCUT2D eigenvalue weighted by atomic mass is 10.2. The molecule has 100 valence electrons. The number of ether oxygens (including phenoxy) is 2. The fourth-order valence-corrected chi connectivity index (χ4v) is 2.87. The summed E-state index contributed by atoms with van der Waals surface area (Å²) in [5.41, 5.74) is 7.96. The highest BCUT2D eigenvalue weighted by Gasteiger charge is 2.33. The van der Waals surface area contributed by atoms with Gasteiger partial charge in [0.15, 0.2) is 0 Å². The van der Waals surface area contributed by atoms with E-state index in [1.807, 2.05) is 18.2 Å². The first-order valence-electron chi connectivity index (χ1n) is 5.96. The van der Waals surface area contributed by atoms with Gasteiger partial charge in [-0.05, 0) is 12.1 Å². The van der Waals surface area contributed by atoms with Gasteiger partial charge in [0.2, 0.25) is 0 Å². The smallest absolute Gasteiger partial charge is 0.0971 e. The molecule has 1 aromatic rings. The third-order valence-electron chi connectivity index (χ3n) is 3.43. The highest BCUT2D eigenvalue weighted by Crippen LogP contribution is 2.26. The van der Waals surface area contributed by atoms with Crippen molar-refractivity contribution >= 4 is 21.6 Å². The first-order chi connectivity index (χ1) is 8.65. The third-order valence-corrected chi connectivity index (χ3v) is 4.18. The molecule has 0 saturated carbocycles. The average molecular weight is 315 g/mol. The van der Waals surface area contributed by atoms with Crippen LogP contribution in [0.2, 0.25) is 0 Å². The molecule has 1 aliphatic rings. The van der Waals surface area contributed by atoms with E-state index in [-0.39, 0.29) is 12.2 Å². The summed E-state index contributed by atoms with van der Waals surface area (Å²) in [4.78, 5) is 2.30. The summed E-state index contributed by atoms with van der Waals surface area (Å²) in [5, 5.41) is 0. The van der Waals surface area contributed by atoms with Gasteiger partial charge in [-0.25, -0.2) is 0 Å². The number of nitrogen functional groups attached to an aromatic ring is 1. The van der Waals surface area contributed by atoms with Crippen LogP contribution in [0.25, 0.3) is 0 Å². The van der Waals surface area contributed by atoms with E-state index >= 15 is 0 Å². The Morgan fingerprint density at radius 2 is 1.89 bits per heavy atom. The number of methoxy groups -OCH3 is 2. The van der Waals surface area contributed by atoms with E-state index in [0.29, 0.717) is 0 Å². The number of halogens is 1. The minimum Gasteiger partial charge on any atom is -0.398 e. The van der Waals surface area contributed by atoms with E-state index < -0.39 is 0 Å². The number of hydrogen-bond acceptors (Lipinski definition) is 4. The van der Waals surface area contributed by atoms with Crippen LogP contribution in [0.3, 0.4) is 0 Å². The standard InChI is InChI=1S/C13H19BrN2O2/c1-17-12-7-16(8-13(12)18-2)6-9-10(14)4-3-5-11(9)15/h3-5,12-13H,6-8,15H2,1-2H3.